The number of aromatic nitrogens is 4. The highest BCUT2D eigenvalue weighted by Gasteiger charge is 2.14. The van der Waals surface area contributed by atoms with Crippen molar-refractivity contribution in [3.8, 4) is 0 Å². The molecule has 1 aromatic carbocycles. The van der Waals surface area contributed by atoms with Crippen molar-refractivity contribution in [1.29, 1.82) is 0 Å². The van der Waals surface area contributed by atoms with Crippen molar-refractivity contribution in [3.05, 3.63) is 49.6 Å². The zero-order valence-corrected chi connectivity index (χ0v) is 10.9. The lowest BCUT2D eigenvalue weighted by Gasteiger charge is -2.16. The average molecular weight is 269 g/mol. The molecule has 0 aliphatic rings. The summed E-state index contributed by atoms with van der Waals surface area (Å²) in [6, 6.07) is 8.03. The molecule has 0 bridgehead atoms. The maximum atomic E-state index is 4.60. The highest BCUT2D eigenvalue weighted by molar-refractivity contribution is 7.22. The van der Waals surface area contributed by atoms with Crippen molar-refractivity contribution >= 4 is 32.6 Å². The Hall–Kier alpha value is -2.34. The van der Waals surface area contributed by atoms with Gasteiger partial charge in [-0.15, -0.1) is 6.58 Å². The predicted molar refractivity (Wildman–Crippen MR) is 76.7 cm³/mol. The van der Waals surface area contributed by atoms with Gasteiger partial charge in [0.1, 0.15) is 12.7 Å². The van der Waals surface area contributed by atoms with E-state index in [0.29, 0.717) is 12.5 Å². The number of rotatable bonds is 4. The van der Waals surface area contributed by atoms with E-state index in [0.717, 1.165) is 15.3 Å². The van der Waals surface area contributed by atoms with Crippen LogP contribution in [0.1, 0.15) is 0 Å². The Morgan fingerprint density at radius 2 is 2.00 bits per heavy atom. The highest BCUT2D eigenvalue weighted by atomic mass is 32.1. The molecule has 2 aromatic heterocycles. The summed E-state index contributed by atoms with van der Waals surface area (Å²) >= 11 is 1.61. The number of thiazole rings is 1. The van der Waals surface area contributed by atoms with Crippen LogP contribution in [0.3, 0.4) is 0 Å². The molecular formula is C13H11N5S. The number of para-hydroxylation sites is 1. The summed E-state index contributed by atoms with van der Waals surface area (Å²) in [5, 5.41) is 0.854. The minimum atomic E-state index is 0.578. The Morgan fingerprint density at radius 3 is 2.74 bits per heavy atom. The Balaban J connectivity index is 2.06. The Kier molecular flexibility index (Phi) is 3.16. The van der Waals surface area contributed by atoms with E-state index in [2.05, 4.69) is 32.6 Å². The first-order chi connectivity index (χ1) is 9.38. The number of hydrogen-bond donors (Lipinski definition) is 0. The molecule has 6 heteroatoms. The van der Waals surface area contributed by atoms with Gasteiger partial charge in [0.15, 0.2) is 5.13 Å². The van der Waals surface area contributed by atoms with Crippen LogP contribution in [0, 0.1) is 0 Å². The summed E-state index contributed by atoms with van der Waals surface area (Å²) in [6.07, 6.45) is 4.76. The molecule has 0 radical (unpaired) electrons. The zero-order chi connectivity index (χ0) is 13.1. The van der Waals surface area contributed by atoms with Gasteiger partial charge in [0.05, 0.1) is 10.2 Å². The van der Waals surface area contributed by atoms with Gasteiger partial charge in [0.2, 0.25) is 5.95 Å². The van der Waals surface area contributed by atoms with Gasteiger partial charge >= 0.3 is 0 Å². The van der Waals surface area contributed by atoms with Crippen molar-refractivity contribution in [1.82, 2.24) is 19.9 Å². The van der Waals surface area contributed by atoms with E-state index >= 15 is 0 Å². The van der Waals surface area contributed by atoms with Gasteiger partial charge in [-0.05, 0) is 12.1 Å². The molecule has 0 saturated heterocycles. The zero-order valence-electron chi connectivity index (χ0n) is 10.1. The first-order valence-electron chi connectivity index (χ1n) is 5.74. The quantitative estimate of drug-likeness (QED) is 0.682. The fourth-order valence-corrected chi connectivity index (χ4v) is 2.69. The largest absolute Gasteiger partial charge is 0.282 e. The topological polar surface area (TPSA) is 54.8 Å². The molecule has 0 amide bonds. The minimum absolute atomic E-state index is 0.578. The summed E-state index contributed by atoms with van der Waals surface area (Å²) in [5.41, 5.74) is 0.977. The fourth-order valence-electron chi connectivity index (χ4n) is 1.72. The lowest BCUT2D eigenvalue weighted by atomic mass is 10.3. The van der Waals surface area contributed by atoms with E-state index in [-0.39, 0.29) is 0 Å². The smallest absolute Gasteiger partial charge is 0.234 e. The van der Waals surface area contributed by atoms with E-state index in [4.69, 9.17) is 0 Å². The SMILES string of the molecule is C=CCN(c1ncncn1)c1nc2ccccc2s1. The fraction of sp³-hybridized carbons (Fsp3) is 0.0769. The molecule has 0 spiro atoms. The Morgan fingerprint density at radius 1 is 1.21 bits per heavy atom. The van der Waals surface area contributed by atoms with Crippen LogP contribution in [0.2, 0.25) is 0 Å². The molecule has 3 aromatic rings. The van der Waals surface area contributed by atoms with E-state index in [9.17, 15) is 0 Å². The molecular weight excluding hydrogens is 258 g/mol. The normalized spacial score (nSPS) is 10.5. The molecule has 0 unspecified atom stereocenters. The second-order valence-electron chi connectivity index (χ2n) is 3.80. The average Bonchev–Trinajstić information content (AvgIpc) is 2.89. The van der Waals surface area contributed by atoms with Crippen LogP contribution >= 0.6 is 11.3 Å². The van der Waals surface area contributed by atoms with Crippen LogP contribution in [0.15, 0.2) is 49.6 Å². The molecule has 0 aliphatic carbocycles. The van der Waals surface area contributed by atoms with Gasteiger partial charge in [-0.25, -0.2) is 19.9 Å². The van der Waals surface area contributed by atoms with Crippen LogP contribution in [0.4, 0.5) is 11.1 Å². The van der Waals surface area contributed by atoms with Crippen molar-refractivity contribution in [3.63, 3.8) is 0 Å². The molecule has 0 fully saturated rings. The van der Waals surface area contributed by atoms with Gasteiger partial charge in [-0.3, -0.25) is 4.90 Å². The minimum Gasteiger partial charge on any atom is -0.282 e. The van der Waals surface area contributed by atoms with E-state index in [1.807, 2.05) is 23.1 Å². The third kappa shape index (κ3) is 2.30. The number of hydrogen-bond acceptors (Lipinski definition) is 6. The van der Waals surface area contributed by atoms with Crippen LogP contribution in [-0.4, -0.2) is 26.5 Å². The van der Waals surface area contributed by atoms with Crippen molar-refractivity contribution in [2.75, 3.05) is 11.4 Å². The second-order valence-corrected chi connectivity index (χ2v) is 4.81. The summed E-state index contributed by atoms with van der Waals surface area (Å²) in [4.78, 5) is 18.7. The first kappa shape index (κ1) is 11.7. The van der Waals surface area contributed by atoms with Crippen LogP contribution in [-0.2, 0) is 0 Å². The standard InChI is InChI=1S/C13H11N5S/c1-2-7-18(12-15-8-14-9-16-12)13-17-10-5-3-4-6-11(10)19-13/h2-6,8-9H,1,7H2. The van der Waals surface area contributed by atoms with Crippen LogP contribution in [0.25, 0.3) is 10.2 Å². The maximum absolute atomic E-state index is 4.60. The molecule has 94 valence electrons. The van der Waals surface area contributed by atoms with Crippen molar-refractivity contribution < 1.29 is 0 Å². The van der Waals surface area contributed by atoms with Crippen molar-refractivity contribution in [2.24, 2.45) is 0 Å². The first-order valence-corrected chi connectivity index (χ1v) is 6.56. The second kappa shape index (κ2) is 5.11. The monoisotopic (exact) mass is 269 g/mol. The summed E-state index contributed by atoms with van der Waals surface area (Å²) in [5.74, 6) is 0.578. The number of nitrogens with zero attached hydrogens (tertiary/aromatic N) is 5. The highest BCUT2D eigenvalue weighted by Crippen LogP contribution is 2.31. The third-order valence-electron chi connectivity index (χ3n) is 2.55. The molecule has 0 aliphatic heterocycles. The summed E-state index contributed by atoms with van der Waals surface area (Å²) < 4.78 is 1.14. The summed E-state index contributed by atoms with van der Waals surface area (Å²) in [6.45, 7) is 4.37. The van der Waals surface area contributed by atoms with Crippen LogP contribution < -0.4 is 4.90 Å². The Labute approximate surface area is 114 Å². The predicted octanol–water partition coefficient (Wildman–Crippen LogP) is 2.81. The number of fused-ring (bicyclic) bond motifs is 1. The van der Waals surface area contributed by atoms with Gasteiger partial charge in [-0.2, -0.15) is 0 Å². The molecule has 2 heterocycles. The molecule has 19 heavy (non-hydrogen) atoms. The van der Waals surface area contributed by atoms with Crippen LogP contribution in [0.5, 0.6) is 0 Å². The Bertz CT molecular complexity index is 661. The van der Waals surface area contributed by atoms with E-state index in [1.54, 1.807) is 17.4 Å². The maximum Gasteiger partial charge on any atom is 0.234 e. The number of anilines is 2. The molecule has 3 rings (SSSR count). The van der Waals surface area contributed by atoms with Crippen molar-refractivity contribution in [2.45, 2.75) is 0 Å². The third-order valence-corrected chi connectivity index (χ3v) is 3.61. The van der Waals surface area contributed by atoms with Gasteiger partial charge in [0, 0.05) is 6.54 Å². The van der Waals surface area contributed by atoms with Gasteiger partial charge in [-0.1, -0.05) is 29.5 Å². The molecule has 5 nitrogen and oxygen atoms in total. The number of benzene rings is 1. The summed E-state index contributed by atoms with van der Waals surface area (Å²) in [7, 11) is 0. The lowest BCUT2D eigenvalue weighted by molar-refractivity contribution is 0.946. The molecule has 0 N–H and O–H groups in total. The van der Waals surface area contributed by atoms with E-state index in [1.165, 1.54) is 12.7 Å². The van der Waals surface area contributed by atoms with E-state index < -0.39 is 0 Å². The lowest BCUT2D eigenvalue weighted by Crippen LogP contribution is -2.19. The molecule has 0 saturated carbocycles. The molecule has 0 atom stereocenters. The van der Waals surface area contributed by atoms with Gasteiger partial charge in [0.25, 0.3) is 0 Å². The van der Waals surface area contributed by atoms with Gasteiger partial charge < -0.3 is 0 Å².